The molecule has 1 N–H and O–H groups in total. The van der Waals surface area contributed by atoms with Crippen LogP contribution in [0.2, 0.25) is 0 Å². The van der Waals surface area contributed by atoms with Gasteiger partial charge in [0.25, 0.3) is 0 Å². The summed E-state index contributed by atoms with van der Waals surface area (Å²) >= 11 is 0. The maximum atomic E-state index is 12.8. The summed E-state index contributed by atoms with van der Waals surface area (Å²) in [7, 11) is -3.61. The highest BCUT2D eigenvalue weighted by Crippen LogP contribution is 2.25. The predicted molar refractivity (Wildman–Crippen MR) is 101 cm³/mol. The molecule has 1 saturated heterocycles. The molecule has 0 atom stereocenters. The molecule has 9 heteroatoms. The van der Waals surface area contributed by atoms with Crippen LogP contribution in [0.5, 0.6) is 0 Å². The van der Waals surface area contributed by atoms with Crippen molar-refractivity contribution in [2.75, 3.05) is 32.7 Å². The number of aromatic nitrogens is 1. The average Bonchev–Trinajstić information content (AvgIpc) is 2.96. The molecule has 0 radical (unpaired) electrons. The van der Waals surface area contributed by atoms with Crippen LogP contribution in [0.1, 0.15) is 44.1 Å². The van der Waals surface area contributed by atoms with Gasteiger partial charge in [-0.2, -0.15) is 4.31 Å². The SMILES string of the molecule is Cc1noc(C)c1S(=O)(=O)N1CCN(CC(=O)NC2CCC(C)CC2)CC1. The molecular weight excluding hydrogens is 368 g/mol. The maximum absolute atomic E-state index is 12.8. The lowest BCUT2D eigenvalue weighted by molar-refractivity contribution is -0.123. The molecule has 2 aliphatic rings. The first-order valence-corrected chi connectivity index (χ1v) is 11.2. The molecular formula is C18H30N4O4S. The molecule has 8 nitrogen and oxygen atoms in total. The number of nitrogens with zero attached hydrogens (tertiary/aromatic N) is 3. The van der Waals surface area contributed by atoms with Crippen molar-refractivity contribution >= 4 is 15.9 Å². The van der Waals surface area contributed by atoms with Crippen LogP contribution in [0.25, 0.3) is 0 Å². The Morgan fingerprint density at radius 3 is 2.33 bits per heavy atom. The number of carbonyl (C=O) groups excluding carboxylic acids is 1. The summed E-state index contributed by atoms with van der Waals surface area (Å²) in [5, 5.41) is 6.88. The Balaban J connectivity index is 1.49. The molecule has 152 valence electrons. The fourth-order valence-electron chi connectivity index (χ4n) is 3.98. The van der Waals surface area contributed by atoms with Crippen LogP contribution in [0, 0.1) is 19.8 Å². The normalized spacial score (nSPS) is 25.4. The van der Waals surface area contributed by atoms with Gasteiger partial charge in [-0.15, -0.1) is 0 Å². The van der Waals surface area contributed by atoms with E-state index in [0.717, 1.165) is 18.8 Å². The monoisotopic (exact) mass is 398 g/mol. The number of sulfonamides is 1. The molecule has 1 aromatic heterocycles. The van der Waals surface area contributed by atoms with E-state index >= 15 is 0 Å². The third-order valence-electron chi connectivity index (χ3n) is 5.65. The van der Waals surface area contributed by atoms with Crippen molar-refractivity contribution in [2.24, 2.45) is 5.92 Å². The zero-order valence-corrected chi connectivity index (χ0v) is 17.2. The Hall–Kier alpha value is -1.45. The summed E-state index contributed by atoms with van der Waals surface area (Å²) in [5.41, 5.74) is 0.385. The first-order chi connectivity index (χ1) is 12.8. The summed E-state index contributed by atoms with van der Waals surface area (Å²) < 4.78 is 32.1. The topological polar surface area (TPSA) is 95.8 Å². The van der Waals surface area contributed by atoms with Gasteiger partial charge in [0.1, 0.15) is 10.6 Å². The lowest BCUT2D eigenvalue weighted by Gasteiger charge is -2.34. The van der Waals surface area contributed by atoms with E-state index in [-0.39, 0.29) is 16.8 Å². The minimum Gasteiger partial charge on any atom is -0.360 e. The van der Waals surface area contributed by atoms with Gasteiger partial charge in [0.05, 0.1) is 6.54 Å². The number of piperazine rings is 1. The van der Waals surface area contributed by atoms with Gasteiger partial charge in [-0.05, 0) is 45.4 Å². The molecule has 0 bridgehead atoms. The molecule has 0 spiro atoms. The Kier molecular flexibility index (Phi) is 6.22. The van der Waals surface area contributed by atoms with Crippen LogP contribution >= 0.6 is 0 Å². The van der Waals surface area contributed by atoms with E-state index in [2.05, 4.69) is 17.4 Å². The number of nitrogens with one attached hydrogen (secondary N) is 1. The number of hydrogen-bond acceptors (Lipinski definition) is 6. The Morgan fingerprint density at radius 2 is 1.78 bits per heavy atom. The highest BCUT2D eigenvalue weighted by Gasteiger charge is 2.33. The lowest BCUT2D eigenvalue weighted by Crippen LogP contribution is -2.52. The van der Waals surface area contributed by atoms with Crippen molar-refractivity contribution < 1.29 is 17.7 Å². The van der Waals surface area contributed by atoms with E-state index in [1.54, 1.807) is 13.8 Å². The molecule has 0 unspecified atom stereocenters. The minimum absolute atomic E-state index is 0.0385. The van der Waals surface area contributed by atoms with Gasteiger partial charge in [-0.25, -0.2) is 8.42 Å². The fourth-order valence-corrected chi connectivity index (χ4v) is 5.69. The molecule has 1 aromatic rings. The van der Waals surface area contributed by atoms with Crippen molar-refractivity contribution in [2.45, 2.75) is 57.4 Å². The molecule has 2 fully saturated rings. The van der Waals surface area contributed by atoms with Gasteiger partial charge in [0.2, 0.25) is 15.9 Å². The van der Waals surface area contributed by atoms with Crippen molar-refractivity contribution in [3.8, 4) is 0 Å². The van der Waals surface area contributed by atoms with Crippen LogP contribution < -0.4 is 5.32 Å². The Morgan fingerprint density at radius 1 is 1.15 bits per heavy atom. The molecule has 3 rings (SSSR count). The van der Waals surface area contributed by atoms with Gasteiger partial charge in [-0.3, -0.25) is 9.69 Å². The number of amides is 1. The van der Waals surface area contributed by atoms with E-state index in [1.807, 2.05) is 4.90 Å². The number of rotatable bonds is 5. The van der Waals surface area contributed by atoms with Gasteiger partial charge in [0, 0.05) is 32.2 Å². The summed E-state index contributed by atoms with van der Waals surface area (Å²) in [5.74, 6) is 1.11. The quantitative estimate of drug-likeness (QED) is 0.803. The molecule has 27 heavy (non-hydrogen) atoms. The first kappa shape index (κ1) is 20.3. The Bertz CT molecular complexity index is 741. The van der Waals surface area contributed by atoms with Gasteiger partial charge >= 0.3 is 0 Å². The standard InChI is InChI=1S/C18H30N4O4S/c1-13-4-6-16(7-5-13)19-17(23)12-21-8-10-22(11-9-21)27(24,25)18-14(2)20-26-15(18)3/h13,16H,4-12H2,1-3H3,(H,19,23). The lowest BCUT2D eigenvalue weighted by atomic mass is 9.87. The van der Waals surface area contributed by atoms with Crippen LogP contribution in [0.3, 0.4) is 0 Å². The number of carbonyl (C=O) groups is 1. The molecule has 1 aliphatic carbocycles. The van der Waals surface area contributed by atoms with Gasteiger partial charge in [0.15, 0.2) is 5.76 Å². The first-order valence-electron chi connectivity index (χ1n) is 9.72. The molecule has 2 heterocycles. The summed E-state index contributed by atoms with van der Waals surface area (Å²) in [4.78, 5) is 14.5. The van der Waals surface area contributed by atoms with Crippen molar-refractivity contribution in [1.82, 2.24) is 19.7 Å². The minimum atomic E-state index is -3.61. The Labute approximate surface area is 161 Å². The predicted octanol–water partition coefficient (Wildman–Crippen LogP) is 1.29. The smallest absolute Gasteiger partial charge is 0.248 e. The van der Waals surface area contributed by atoms with Gasteiger partial charge < -0.3 is 9.84 Å². The summed E-state index contributed by atoms with van der Waals surface area (Å²) in [6, 6.07) is 0.287. The third-order valence-corrected chi connectivity index (χ3v) is 7.79. The van der Waals surface area contributed by atoms with Crippen LogP contribution in [0.4, 0.5) is 0 Å². The van der Waals surface area contributed by atoms with Crippen LogP contribution in [-0.4, -0.2) is 67.5 Å². The fraction of sp³-hybridized carbons (Fsp3) is 0.778. The third kappa shape index (κ3) is 4.70. The van der Waals surface area contributed by atoms with E-state index < -0.39 is 10.0 Å². The molecule has 0 aromatic carbocycles. The van der Waals surface area contributed by atoms with E-state index in [0.29, 0.717) is 44.2 Å². The van der Waals surface area contributed by atoms with Crippen molar-refractivity contribution in [3.63, 3.8) is 0 Å². The largest absolute Gasteiger partial charge is 0.360 e. The zero-order valence-electron chi connectivity index (χ0n) is 16.4. The highest BCUT2D eigenvalue weighted by molar-refractivity contribution is 7.89. The van der Waals surface area contributed by atoms with E-state index in [9.17, 15) is 13.2 Å². The van der Waals surface area contributed by atoms with Crippen molar-refractivity contribution in [3.05, 3.63) is 11.5 Å². The van der Waals surface area contributed by atoms with E-state index in [4.69, 9.17) is 4.52 Å². The highest BCUT2D eigenvalue weighted by atomic mass is 32.2. The van der Waals surface area contributed by atoms with Crippen LogP contribution in [0.15, 0.2) is 9.42 Å². The molecule has 1 amide bonds. The second kappa shape index (κ2) is 8.28. The van der Waals surface area contributed by atoms with Gasteiger partial charge in [-0.1, -0.05) is 12.1 Å². The summed E-state index contributed by atoms with van der Waals surface area (Å²) in [6.45, 7) is 7.63. The zero-order chi connectivity index (χ0) is 19.6. The van der Waals surface area contributed by atoms with E-state index in [1.165, 1.54) is 17.1 Å². The summed E-state index contributed by atoms with van der Waals surface area (Å²) in [6.07, 6.45) is 4.44. The number of hydrogen-bond donors (Lipinski definition) is 1. The average molecular weight is 399 g/mol. The van der Waals surface area contributed by atoms with Crippen LogP contribution in [-0.2, 0) is 14.8 Å². The van der Waals surface area contributed by atoms with Crippen molar-refractivity contribution in [1.29, 1.82) is 0 Å². The maximum Gasteiger partial charge on any atom is 0.248 e. The molecule has 1 saturated carbocycles. The second-order valence-corrected chi connectivity index (χ2v) is 9.73. The molecule has 1 aliphatic heterocycles. The second-order valence-electron chi connectivity index (χ2n) is 7.86. The number of aryl methyl sites for hydroxylation is 2.